The van der Waals surface area contributed by atoms with Gasteiger partial charge in [-0.15, -0.1) is 0 Å². The van der Waals surface area contributed by atoms with Gasteiger partial charge in [-0.2, -0.15) is 0 Å². The number of halogens is 3. The quantitative estimate of drug-likeness (QED) is 0.429. The molecule has 7 heavy (non-hydrogen) atoms. The van der Waals surface area contributed by atoms with Gasteiger partial charge in [0.15, 0.2) is 0 Å². The highest BCUT2D eigenvalue weighted by molar-refractivity contribution is 5.63. The lowest BCUT2D eigenvalue weighted by molar-refractivity contribution is -1.21. The number of nitrogens with zero attached hydrogens (tertiary/aromatic N) is 1. The van der Waals surface area contributed by atoms with Crippen molar-refractivity contribution in [1.29, 1.82) is 0 Å². The number of hydrogen-bond acceptors (Lipinski definition) is 1. The highest BCUT2D eigenvalue weighted by atomic mass is 19.6. The van der Waals surface area contributed by atoms with Crippen LogP contribution in [0.3, 0.4) is 0 Å². The Kier molecular flexibility index (Phi) is 1.37. The highest BCUT2D eigenvalue weighted by Gasteiger charge is 2.38. The second-order valence-electron chi connectivity index (χ2n) is 0.964. The Bertz CT molecular complexity index is 85.4. The van der Waals surface area contributed by atoms with Gasteiger partial charge in [0.05, 0.1) is 20.4 Å². The average Bonchev–Trinajstić information content (AvgIpc) is 1.31. The molecule has 0 saturated carbocycles. The Labute approximate surface area is 37.5 Å². The van der Waals surface area contributed by atoms with E-state index in [4.69, 9.17) is 0 Å². The van der Waals surface area contributed by atoms with Crippen molar-refractivity contribution in [1.82, 2.24) is 0 Å². The molecule has 0 aromatic rings. The molecule has 5 heteroatoms. The molecule has 2 nitrogen and oxygen atoms in total. The topological polar surface area (TPSA) is 17.1 Å². The van der Waals surface area contributed by atoms with Gasteiger partial charge in [0.25, 0.3) is 0 Å². The maximum atomic E-state index is 10.8. The average molecular weight is 114 g/mol. The maximum absolute atomic E-state index is 10.8. The molecule has 0 aliphatic carbocycles. The van der Waals surface area contributed by atoms with Crippen molar-refractivity contribution in [2.75, 3.05) is 0 Å². The zero-order chi connectivity index (χ0) is 6.08. The van der Waals surface area contributed by atoms with Crippen LogP contribution in [-0.4, -0.2) is 11.1 Å². The lowest BCUT2D eigenvalue weighted by Crippen LogP contribution is -2.24. The molecule has 0 atom stereocenters. The third-order valence-electron chi connectivity index (χ3n) is 0.357. The summed E-state index contributed by atoms with van der Waals surface area (Å²) in [6.07, 6.45) is 0. The Morgan fingerprint density at radius 3 is 1.57 bits per heavy atom. The zero-order valence-electron chi connectivity index (χ0n) is 3.49. The summed E-state index contributed by atoms with van der Waals surface area (Å²) in [5.74, 6) is -1.82. The lowest BCUT2D eigenvalue weighted by atomic mass is 10.8. The van der Waals surface area contributed by atoms with E-state index in [1.807, 2.05) is 0 Å². The molecule has 0 aliphatic heterocycles. The fourth-order valence-electron chi connectivity index (χ4n) is 0. The summed E-state index contributed by atoms with van der Waals surface area (Å²) in [6.45, 7) is 0.458. The van der Waals surface area contributed by atoms with Gasteiger partial charge < -0.3 is 0 Å². The molecule has 0 fully saturated rings. The molecule has 42 valence electrons. The van der Waals surface area contributed by atoms with Gasteiger partial charge in [-0.25, -0.2) is 4.79 Å². The van der Waals surface area contributed by atoms with Crippen LogP contribution in [0.15, 0.2) is 0 Å². The van der Waals surface area contributed by atoms with Gasteiger partial charge in [-0.3, -0.25) is 0 Å². The Hall–Kier alpha value is -0.580. The Balaban J connectivity index is 3.79. The molecular formula is C2H3F3NO+. The third kappa shape index (κ3) is 2.16. The van der Waals surface area contributed by atoms with Crippen LogP contribution in [0.1, 0.15) is 6.92 Å². The number of quaternary nitrogens is 1. The predicted molar refractivity (Wildman–Crippen MR) is 14.3 cm³/mol. The van der Waals surface area contributed by atoms with Crippen LogP contribution in [0, 0.1) is 0 Å². The minimum atomic E-state index is -4.08. The van der Waals surface area contributed by atoms with Crippen LogP contribution < -0.4 is 0 Å². The fraction of sp³-hybridized carbons (Fsp3) is 0.500. The molecule has 0 spiro atoms. The van der Waals surface area contributed by atoms with Crippen LogP contribution in [0.25, 0.3) is 0 Å². The molecule has 0 aromatic carbocycles. The van der Waals surface area contributed by atoms with E-state index in [0.29, 0.717) is 6.92 Å². The molecular weight excluding hydrogens is 111 g/mol. The van der Waals surface area contributed by atoms with Crippen molar-refractivity contribution in [2.45, 2.75) is 6.92 Å². The zero-order valence-corrected chi connectivity index (χ0v) is 3.49. The minimum absolute atomic E-state index is 0.458. The number of carbonyl (C=O) groups excluding carboxylic acids is 1. The van der Waals surface area contributed by atoms with Crippen molar-refractivity contribution in [2.24, 2.45) is 0 Å². The minimum Gasteiger partial charge on any atom is -0.219 e. The number of hydrogen-bond donors (Lipinski definition) is 0. The third-order valence-corrected chi connectivity index (χ3v) is 0.357. The van der Waals surface area contributed by atoms with Gasteiger partial charge in [0.1, 0.15) is 0 Å². The van der Waals surface area contributed by atoms with E-state index in [-0.39, 0.29) is 0 Å². The van der Waals surface area contributed by atoms with Crippen LogP contribution in [-0.2, 0) is 4.79 Å². The molecule has 1 amide bonds. The Morgan fingerprint density at radius 2 is 1.57 bits per heavy atom. The number of carbonyl (C=O) groups is 1. The van der Waals surface area contributed by atoms with Crippen molar-refractivity contribution >= 4 is 5.91 Å². The second-order valence-corrected chi connectivity index (χ2v) is 0.964. The molecule has 0 heterocycles. The summed E-state index contributed by atoms with van der Waals surface area (Å²) in [5.41, 5.74) is 0. The largest absolute Gasteiger partial charge is 0.431 e. The van der Waals surface area contributed by atoms with Crippen LogP contribution in [0.5, 0.6) is 0 Å². The molecule has 0 unspecified atom stereocenters. The van der Waals surface area contributed by atoms with Crippen molar-refractivity contribution in [3.63, 3.8) is 0 Å². The first-order valence-electron chi connectivity index (χ1n) is 1.43. The monoisotopic (exact) mass is 114 g/mol. The molecule has 0 aliphatic rings. The molecule has 0 saturated heterocycles. The molecule has 0 radical (unpaired) electrons. The normalized spacial score (nSPS) is 11.4. The van der Waals surface area contributed by atoms with Gasteiger partial charge in [-0.1, -0.05) is 0 Å². The number of rotatable bonds is 0. The SMILES string of the molecule is CC(=O)[N+](F)(F)F. The van der Waals surface area contributed by atoms with E-state index < -0.39 is 11.1 Å². The van der Waals surface area contributed by atoms with Gasteiger partial charge in [-0.05, 0) is 0 Å². The molecule has 0 aromatic heterocycles. The van der Waals surface area contributed by atoms with E-state index in [9.17, 15) is 18.2 Å². The van der Waals surface area contributed by atoms with Crippen molar-refractivity contribution < 1.29 is 23.4 Å². The van der Waals surface area contributed by atoms with E-state index in [2.05, 4.69) is 0 Å². The van der Waals surface area contributed by atoms with E-state index in [0.717, 1.165) is 0 Å². The van der Waals surface area contributed by atoms with E-state index >= 15 is 0 Å². The lowest BCUT2D eigenvalue weighted by Gasteiger charge is -1.88. The number of amides is 1. The van der Waals surface area contributed by atoms with Crippen LogP contribution in [0.2, 0.25) is 0 Å². The summed E-state index contributed by atoms with van der Waals surface area (Å²) in [6, 6.07) is 0. The van der Waals surface area contributed by atoms with Gasteiger partial charge >= 0.3 is 11.1 Å². The van der Waals surface area contributed by atoms with E-state index in [1.165, 1.54) is 0 Å². The van der Waals surface area contributed by atoms with Gasteiger partial charge in [0, 0.05) is 0 Å². The van der Waals surface area contributed by atoms with Crippen molar-refractivity contribution in [3.05, 3.63) is 0 Å². The van der Waals surface area contributed by atoms with Crippen LogP contribution in [0.4, 0.5) is 13.4 Å². The first-order valence-corrected chi connectivity index (χ1v) is 1.43. The molecule has 0 N–H and O–H groups in total. The second kappa shape index (κ2) is 1.49. The Morgan fingerprint density at radius 1 is 1.43 bits per heavy atom. The first kappa shape index (κ1) is 6.42. The standard InChI is InChI=1S/C2H3F3NO/c1-2(7)6(3,4)5/h1H3/q+1. The van der Waals surface area contributed by atoms with Crippen molar-refractivity contribution in [3.8, 4) is 0 Å². The summed E-state index contributed by atoms with van der Waals surface area (Å²) >= 11 is 0. The molecule has 0 rings (SSSR count). The first-order chi connectivity index (χ1) is 2.94. The van der Waals surface area contributed by atoms with Crippen LogP contribution >= 0.6 is 0 Å². The molecule has 0 bridgehead atoms. The summed E-state index contributed by atoms with van der Waals surface area (Å²) in [5, 5.41) is -4.08. The fourth-order valence-corrected chi connectivity index (χ4v) is 0. The summed E-state index contributed by atoms with van der Waals surface area (Å²) in [7, 11) is 0. The van der Waals surface area contributed by atoms with Gasteiger partial charge in [0.2, 0.25) is 0 Å². The smallest absolute Gasteiger partial charge is 0.219 e. The predicted octanol–water partition coefficient (Wildman–Crippen LogP) is 1.00. The summed E-state index contributed by atoms with van der Waals surface area (Å²) < 4.78 is 32.3. The highest BCUT2D eigenvalue weighted by Crippen LogP contribution is 2.09. The summed E-state index contributed by atoms with van der Waals surface area (Å²) in [4.78, 5) is 9.31. The maximum Gasteiger partial charge on any atom is 0.431 e. The van der Waals surface area contributed by atoms with E-state index in [1.54, 1.807) is 0 Å².